The van der Waals surface area contributed by atoms with Crippen LogP contribution in [0.5, 0.6) is 0 Å². The zero-order valence-electron chi connectivity index (χ0n) is 12.7. The Hall–Kier alpha value is -0.840. The van der Waals surface area contributed by atoms with Gasteiger partial charge >= 0.3 is 0 Å². The van der Waals surface area contributed by atoms with Crippen molar-refractivity contribution in [1.29, 1.82) is 0 Å². The smallest absolute Gasteiger partial charge is 0.0767 e. The van der Waals surface area contributed by atoms with Crippen molar-refractivity contribution in [1.82, 2.24) is 15.1 Å². The molecule has 3 nitrogen and oxygen atoms in total. The molecule has 0 aliphatic heterocycles. The van der Waals surface area contributed by atoms with Gasteiger partial charge in [0.25, 0.3) is 0 Å². The Morgan fingerprint density at radius 2 is 1.95 bits per heavy atom. The van der Waals surface area contributed by atoms with E-state index in [1.807, 2.05) is 12.1 Å². The summed E-state index contributed by atoms with van der Waals surface area (Å²) in [6.07, 6.45) is 0.938. The SMILES string of the molecule is CCc1nn(CC)c(CN[C@H](C)c2ccc(Cl)cc2)c1Br. The molecular weight excluding hydrogens is 350 g/mol. The number of hydrogen-bond acceptors (Lipinski definition) is 2. The number of aromatic nitrogens is 2. The second-order valence-corrected chi connectivity index (χ2v) is 6.26. The van der Waals surface area contributed by atoms with Gasteiger partial charge in [-0.2, -0.15) is 5.10 Å². The first-order chi connectivity index (χ1) is 10.1. The largest absolute Gasteiger partial charge is 0.305 e. The van der Waals surface area contributed by atoms with Gasteiger partial charge in [-0.25, -0.2) is 0 Å². The molecule has 1 N–H and O–H groups in total. The van der Waals surface area contributed by atoms with Gasteiger partial charge in [0.15, 0.2) is 0 Å². The van der Waals surface area contributed by atoms with Crippen LogP contribution in [-0.2, 0) is 19.5 Å². The molecule has 0 aliphatic carbocycles. The van der Waals surface area contributed by atoms with Gasteiger partial charge < -0.3 is 5.32 Å². The number of aryl methyl sites for hydroxylation is 2. The lowest BCUT2D eigenvalue weighted by Crippen LogP contribution is -2.20. The lowest BCUT2D eigenvalue weighted by atomic mass is 10.1. The summed E-state index contributed by atoms with van der Waals surface area (Å²) in [7, 11) is 0. The van der Waals surface area contributed by atoms with Crippen LogP contribution in [0.25, 0.3) is 0 Å². The maximum absolute atomic E-state index is 5.93. The molecule has 2 rings (SSSR count). The number of hydrogen-bond donors (Lipinski definition) is 1. The summed E-state index contributed by atoms with van der Waals surface area (Å²) in [5, 5.41) is 8.94. The highest BCUT2D eigenvalue weighted by atomic mass is 79.9. The van der Waals surface area contributed by atoms with Gasteiger partial charge in [-0.3, -0.25) is 4.68 Å². The third-order valence-corrected chi connectivity index (χ3v) is 4.81. The van der Waals surface area contributed by atoms with Crippen molar-refractivity contribution in [2.24, 2.45) is 0 Å². The van der Waals surface area contributed by atoms with E-state index in [-0.39, 0.29) is 6.04 Å². The predicted octanol–water partition coefficient (Wildman–Crippen LogP) is 4.73. The maximum atomic E-state index is 5.93. The molecule has 0 spiro atoms. The highest BCUT2D eigenvalue weighted by molar-refractivity contribution is 9.10. The van der Waals surface area contributed by atoms with Crippen molar-refractivity contribution >= 4 is 27.5 Å². The van der Waals surface area contributed by atoms with Crippen molar-refractivity contribution in [2.45, 2.75) is 46.3 Å². The van der Waals surface area contributed by atoms with Crippen LogP contribution in [0, 0.1) is 0 Å². The van der Waals surface area contributed by atoms with E-state index in [0.717, 1.165) is 34.7 Å². The molecule has 0 saturated carbocycles. The zero-order chi connectivity index (χ0) is 15.4. The Labute approximate surface area is 139 Å². The van der Waals surface area contributed by atoms with Crippen molar-refractivity contribution in [3.63, 3.8) is 0 Å². The maximum Gasteiger partial charge on any atom is 0.0767 e. The fourth-order valence-corrected chi connectivity index (χ4v) is 3.14. The molecule has 1 aromatic carbocycles. The van der Waals surface area contributed by atoms with Crippen molar-refractivity contribution in [3.8, 4) is 0 Å². The summed E-state index contributed by atoms with van der Waals surface area (Å²) in [4.78, 5) is 0. The van der Waals surface area contributed by atoms with E-state index < -0.39 is 0 Å². The normalized spacial score (nSPS) is 12.6. The third-order valence-electron chi connectivity index (χ3n) is 3.64. The van der Waals surface area contributed by atoms with E-state index >= 15 is 0 Å². The van der Waals surface area contributed by atoms with Crippen LogP contribution in [0.3, 0.4) is 0 Å². The molecule has 0 radical (unpaired) electrons. The second-order valence-electron chi connectivity index (χ2n) is 5.03. The third kappa shape index (κ3) is 3.87. The molecule has 1 heterocycles. The van der Waals surface area contributed by atoms with Crippen LogP contribution < -0.4 is 5.32 Å². The van der Waals surface area contributed by atoms with Crippen LogP contribution in [0.4, 0.5) is 0 Å². The molecule has 0 fully saturated rings. The fourth-order valence-electron chi connectivity index (χ4n) is 2.31. The molecule has 21 heavy (non-hydrogen) atoms. The Kier molecular flexibility index (Phi) is 5.85. The van der Waals surface area contributed by atoms with Crippen LogP contribution in [-0.4, -0.2) is 9.78 Å². The van der Waals surface area contributed by atoms with E-state index in [4.69, 9.17) is 11.6 Å². The average Bonchev–Trinajstić information content (AvgIpc) is 2.81. The lowest BCUT2D eigenvalue weighted by molar-refractivity contribution is 0.529. The summed E-state index contributed by atoms with van der Waals surface area (Å²) in [5.74, 6) is 0. The van der Waals surface area contributed by atoms with Gasteiger partial charge in [-0.05, 0) is 53.9 Å². The van der Waals surface area contributed by atoms with Gasteiger partial charge in [-0.1, -0.05) is 30.7 Å². The average molecular weight is 371 g/mol. The van der Waals surface area contributed by atoms with E-state index in [1.54, 1.807) is 0 Å². The molecule has 5 heteroatoms. The molecule has 0 saturated heterocycles. The highest BCUT2D eigenvalue weighted by Crippen LogP contribution is 2.23. The minimum atomic E-state index is 0.263. The summed E-state index contributed by atoms with van der Waals surface area (Å²) in [6, 6.07) is 8.24. The number of benzene rings is 1. The molecule has 0 amide bonds. The lowest BCUT2D eigenvalue weighted by Gasteiger charge is -2.15. The number of halogens is 2. The quantitative estimate of drug-likeness (QED) is 0.796. The number of nitrogens with one attached hydrogen (secondary N) is 1. The van der Waals surface area contributed by atoms with Crippen molar-refractivity contribution in [3.05, 3.63) is 50.7 Å². The molecule has 1 atom stereocenters. The molecular formula is C16H21BrClN3. The first kappa shape index (κ1) is 16.5. The monoisotopic (exact) mass is 369 g/mol. The molecule has 2 aromatic rings. The van der Waals surface area contributed by atoms with Crippen molar-refractivity contribution < 1.29 is 0 Å². The van der Waals surface area contributed by atoms with E-state index in [9.17, 15) is 0 Å². The summed E-state index contributed by atoms with van der Waals surface area (Å²) in [5.41, 5.74) is 3.55. The van der Waals surface area contributed by atoms with E-state index in [2.05, 4.69) is 63.9 Å². The first-order valence-electron chi connectivity index (χ1n) is 7.29. The van der Waals surface area contributed by atoms with E-state index in [1.165, 1.54) is 11.3 Å². The summed E-state index contributed by atoms with van der Waals surface area (Å²) < 4.78 is 3.19. The fraction of sp³-hybridized carbons (Fsp3) is 0.438. The Bertz CT molecular complexity index is 592. The van der Waals surface area contributed by atoms with Crippen molar-refractivity contribution in [2.75, 3.05) is 0 Å². The van der Waals surface area contributed by atoms with Crippen LogP contribution in [0.2, 0.25) is 5.02 Å². The molecule has 0 bridgehead atoms. The van der Waals surface area contributed by atoms with Gasteiger partial charge in [0.1, 0.15) is 0 Å². The summed E-state index contributed by atoms with van der Waals surface area (Å²) >= 11 is 9.61. The van der Waals surface area contributed by atoms with Crippen LogP contribution in [0.15, 0.2) is 28.7 Å². The van der Waals surface area contributed by atoms with Crippen LogP contribution in [0.1, 0.15) is 43.8 Å². The van der Waals surface area contributed by atoms with Gasteiger partial charge in [0.2, 0.25) is 0 Å². The molecule has 0 unspecified atom stereocenters. The van der Waals surface area contributed by atoms with E-state index in [0.29, 0.717) is 0 Å². The molecule has 114 valence electrons. The van der Waals surface area contributed by atoms with Crippen LogP contribution >= 0.6 is 27.5 Å². The topological polar surface area (TPSA) is 29.9 Å². The van der Waals surface area contributed by atoms with Gasteiger partial charge in [-0.15, -0.1) is 0 Å². The predicted molar refractivity (Wildman–Crippen MR) is 91.7 cm³/mol. The Morgan fingerprint density at radius 3 is 2.52 bits per heavy atom. The first-order valence-corrected chi connectivity index (χ1v) is 8.46. The zero-order valence-corrected chi connectivity index (χ0v) is 15.0. The minimum absolute atomic E-state index is 0.263. The highest BCUT2D eigenvalue weighted by Gasteiger charge is 2.14. The molecule has 0 aliphatic rings. The second kappa shape index (κ2) is 7.43. The minimum Gasteiger partial charge on any atom is -0.305 e. The number of nitrogens with zero attached hydrogens (tertiary/aromatic N) is 2. The van der Waals surface area contributed by atoms with Gasteiger partial charge in [0.05, 0.1) is 15.9 Å². The van der Waals surface area contributed by atoms with Gasteiger partial charge in [0, 0.05) is 24.2 Å². The standard InChI is InChI=1S/C16H21BrClN3/c1-4-14-16(17)15(21(5-2)20-14)10-19-11(3)12-6-8-13(18)9-7-12/h6-9,11,19H,4-5,10H2,1-3H3/t11-/m1/s1. The Morgan fingerprint density at radius 1 is 1.29 bits per heavy atom. The number of rotatable bonds is 6. The Balaban J connectivity index is 2.09. The molecule has 1 aromatic heterocycles. The summed E-state index contributed by atoms with van der Waals surface area (Å²) in [6.45, 7) is 8.06.